The highest BCUT2D eigenvalue weighted by Gasteiger charge is 2.24. The SMILES string of the molecule is CC(C)NC(=O)NC1CCN(C(=O)c2cccs2)CC1. The fourth-order valence-electron chi connectivity index (χ4n) is 2.27. The van der Waals surface area contributed by atoms with Crippen molar-refractivity contribution < 1.29 is 9.59 Å². The van der Waals surface area contributed by atoms with E-state index in [0.717, 1.165) is 17.7 Å². The molecule has 0 spiro atoms. The molecule has 0 atom stereocenters. The molecule has 0 unspecified atom stereocenters. The van der Waals surface area contributed by atoms with Gasteiger partial charge in [0.05, 0.1) is 4.88 Å². The van der Waals surface area contributed by atoms with Crippen LogP contribution in [0.4, 0.5) is 4.79 Å². The van der Waals surface area contributed by atoms with Gasteiger partial charge in [-0.3, -0.25) is 4.79 Å². The first-order valence-electron chi connectivity index (χ1n) is 6.96. The predicted molar refractivity (Wildman–Crippen MR) is 80.0 cm³/mol. The zero-order chi connectivity index (χ0) is 14.5. The summed E-state index contributed by atoms with van der Waals surface area (Å²) in [5, 5.41) is 7.69. The van der Waals surface area contributed by atoms with E-state index in [1.165, 1.54) is 11.3 Å². The second-order valence-corrected chi connectivity index (χ2v) is 6.26. The number of hydrogen-bond acceptors (Lipinski definition) is 3. The highest BCUT2D eigenvalue weighted by molar-refractivity contribution is 7.12. The number of piperidine rings is 1. The van der Waals surface area contributed by atoms with E-state index in [-0.39, 0.29) is 24.0 Å². The summed E-state index contributed by atoms with van der Waals surface area (Å²) in [6.07, 6.45) is 1.62. The van der Waals surface area contributed by atoms with Crippen molar-refractivity contribution in [2.75, 3.05) is 13.1 Å². The van der Waals surface area contributed by atoms with Crippen LogP contribution in [0.25, 0.3) is 0 Å². The molecule has 2 N–H and O–H groups in total. The van der Waals surface area contributed by atoms with Crippen LogP contribution in [0.2, 0.25) is 0 Å². The second kappa shape index (κ2) is 6.74. The Kier molecular flexibility index (Phi) is 5.00. The normalized spacial score (nSPS) is 16.2. The summed E-state index contributed by atoms with van der Waals surface area (Å²) in [5.74, 6) is 0.102. The van der Waals surface area contributed by atoms with Gasteiger partial charge in [-0.25, -0.2) is 4.79 Å². The molecule has 0 aliphatic carbocycles. The first kappa shape index (κ1) is 14.8. The van der Waals surface area contributed by atoms with Crippen LogP contribution < -0.4 is 10.6 Å². The number of urea groups is 1. The van der Waals surface area contributed by atoms with Crippen LogP contribution in [-0.4, -0.2) is 42.0 Å². The Morgan fingerprint density at radius 1 is 1.35 bits per heavy atom. The molecule has 1 saturated heterocycles. The van der Waals surface area contributed by atoms with E-state index in [1.807, 2.05) is 36.3 Å². The fraction of sp³-hybridized carbons (Fsp3) is 0.571. The predicted octanol–water partition coefficient (Wildman–Crippen LogP) is 2.06. The molecule has 2 rings (SSSR count). The van der Waals surface area contributed by atoms with Crippen molar-refractivity contribution in [3.05, 3.63) is 22.4 Å². The van der Waals surface area contributed by atoms with Gasteiger partial charge in [0.15, 0.2) is 0 Å². The molecule has 2 heterocycles. The average molecular weight is 295 g/mol. The van der Waals surface area contributed by atoms with Crippen molar-refractivity contribution >= 4 is 23.3 Å². The Labute approximate surface area is 123 Å². The van der Waals surface area contributed by atoms with Gasteiger partial charge in [-0.05, 0) is 38.1 Å². The quantitative estimate of drug-likeness (QED) is 0.896. The second-order valence-electron chi connectivity index (χ2n) is 5.32. The van der Waals surface area contributed by atoms with Gasteiger partial charge in [0.25, 0.3) is 5.91 Å². The third-order valence-corrected chi connectivity index (χ3v) is 4.13. The van der Waals surface area contributed by atoms with Gasteiger partial charge in [0.2, 0.25) is 0 Å². The summed E-state index contributed by atoms with van der Waals surface area (Å²) in [6, 6.07) is 3.91. The number of amides is 3. The van der Waals surface area contributed by atoms with Crippen molar-refractivity contribution in [3.8, 4) is 0 Å². The number of carbonyl (C=O) groups is 2. The lowest BCUT2D eigenvalue weighted by Gasteiger charge is -2.32. The van der Waals surface area contributed by atoms with Crippen molar-refractivity contribution in [2.45, 2.75) is 38.8 Å². The monoisotopic (exact) mass is 295 g/mol. The summed E-state index contributed by atoms with van der Waals surface area (Å²) < 4.78 is 0. The Morgan fingerprint density at radius 3 is 2.60 bits per heavy atom. The smallest absolute Gasteiger partial charge is 0.315 e. The average Bonchev–Trinajstić information content (AvgIpc) is 2.91. The maximum atomic E-state index is 12.2. The molecule has 5 nitrogen and oxygen atoms in total. The maximum Gasteiger partial charge on any atom is 0.315 e. The molecule has 1 aromatic rings. The van der Waals surface area contributed by atoms with Crippen molar-refractivity contribution in [3.63, 3.8) is 0 Å². The third-order valence-electron chi connectivity index (χ3n) is 3.27. The zero-order valence-corrected chi connectivity index (χ0v) is 12.7. The zero-order valence-electron chi connectivity index (χ0n) is 11.9. The molecule has 0 bridgehead atoms. The van der Waals surface area contributed by atoms with Crippen LogP contribution >= 0.6 is 11.3 Å². The third kappa shape index (κ3) is 3.96. The lowest BCUT2D eigenvalue weighted by molar-refractivity contribution is 0.0713. The van der Waals surface area contributed by atoms with Crippen LogP contribution in [0.3, 0.4) is 0 Å². The molecule has 110 valence electrons. The van der Waals surface area contributed by atoms with Gasteiger partial charge in [0, 0.05) is 25.2 Å². The number of rotatable bonds is 3. The first-order valence-corrected chi connectivity index (χ1v) is 7.84. The Hall–Kier alpha value is -1.56. The van der Waals surface area contributed by atoms with Crippen LogP contribution in [0.15, 0.2) is 17.5 Å². The van der Waals surface area contributed by atoms with E-state index in [0.29, 0.717) is 13.1 Å². The Bertz CT molecular complexity index is 451. The molecule has 1 fully saturated rings. The molecule has 1 aliphatic heterocycles. The summed E-state index contributed by atoms with van der Waals surface area (Å²) in [7, 11) is 0. The van der Waals surface area contributed by atoms with Crippen molar-refractivity contribution in [1.29, 1.82) is 0 Å². The topological polar surface area (TPSA) is 61.4 Å². The lowest BCUT2D eigenvalue weighted by Crippen LogP contribution is -2.50. The van der Waals surface area contributed by atoms with Gasteiger partial charge in [-0.15, -0.1) is 11.3 Å². The number of thiophene rings is 1. The molecule has 0 radical (unpaired) electrons. The molecule has 3 amide bonds. The van der Waals surface area contributed by atoms with E-state index in [9.17, 15) is 9.59 Å². The van der Waals surface area contributed by atoms with E-state index in [4.69, 9.17) is 0 Å². The molecule has 6 heteroatoms. The fourth-order valence-corrected chi connectivity index (χ4v) is 2.96. The van der Waals surface area contributed by atoms with E-state index in [1.54, 1.807) is 0 Å². The van der Waals surface area contributed by atoms with Crippen LogP contribution in [0.5, 0.6) is 0 Å². The van der Waals surface area contributed by atoms with Gasteiger partial charge >= 0.3 is 6.03 Å². The number of hydrogen-bond donors (Lipinski definition) is 2. The molecule has 0 aromatic carbocycles. The highest BCUT2D eigenvalue weighted by Crippen LogP contribution is 2.17. The van der Waals surface area contributed by atoms with E-state index >= 15 is 0 Å². The molecule has 20 heavy (non-hydrogen) atoms. The van der Waals surface area contributed by atoms with E-state index < -0.39 is 0 Å². The summed E-state index contributed by atoms with van der Waals surface area (Å²) in [6.45, 7) is 5.26. The summed E-state index contributed by atoms with van der Waals surface area (Å²) >= 11 is 1.47. The Morgan fingerprint density at radius 2 is 2.05 bits per heavy atom. The highest BCUT2D eigenvalue weighted by atomic mass is 32.1. The summed E-state index contributed by atoms with van der Waals surface area (Å²) in [4.78, 5) is 26.4. The minimum absolute atomic E-state index is 0.102. The largest absolute Gasteiger partial charge is 0.338 e. The van der Waals surface area contributed by atoms with Crippen LogP contribution in [-0.2, 0) is 0 Å². The van der Waals surface area contributed by atoms with Crippen LogP contribution in [0, 0.1) is 0 Å². The number of nitrogens with zero attached hydrogens (tertiary/aromatic N) is 1. The minimum Gasteiger partial charge on any atom is -0.338 e. The van der Waals surface area contributed by atoms with Crippen LogP contribution in [0.1, 0.15) is 36.4 Å². The minimum atomic E-state index is -0.122. The molecular weight excluding hydrogens is 274 g/mol. The number of nitrogens with one attached hydrogen (secondary N) is 2. The molecular formula is C14H21N3O2S. The van der Waals surface area contributed by atoms with Gasteiger partial charge < -0.3 is 15.5 Å². The molecule has 0 saturated carbocycles. The van der Waals surface area contributed by atoms with Gasteiger partial charge in [0.1, 0.15) is 0 Å². The maximum absolute atomic E-state index is 12.2. The lowest BCUT2D eigenvalue weighted by atomic mass is 10.1. The van der Waals surface area contributed by atoms with Crippen molar-refractivity contribution in [2.24, 2.45) is 0 Å². The standard InChI is InChI=1S/C14H21N3O2S/c1-10(2)15-14(19)16-11-5-7-17(8-6-11)13(18)12-4-3-9-20-12/h3-4,9-11H,5-8H2,1-2H3,(H2,15,16,19). The van der Waals surface area contributed by atoms with Gasteiger partial charge in [-0.2, -0.15) is 0 Å². The first-order chi connectivity index (χ1) is 9.56. The summed E-state index contributed by atoms with van der Waals surface area (Å²) in [5.41, 5.74) is 0. The molecule has 1 aliphatic rings. The Balaban J connectivity index is 1.78. The van der Waals surface area contributed by atoms with Gasteiger partial charge in [-0.1, -0.05) is 6.07 Å². The van der Waals surface area contributed by atoms with E-state index in [2.05, 4.69) is 10.6 Å². The number of carbonyl (C=O) groups excluding carboxylic acids is 2. The molecule has 1 aromatic heterocycles. The number of likely N-dealkylation sites (tertiary alicyclic amines) is 1. The van der Waals surface area contributed by atoms with Crippen molar-refractivity contribution in [1.82, 2.24) is 15.5 Å².